The molecule has 0 radical (unpaired) electrons. The van der Waals surface area contributed by atoms with Gasteiger partial charge in [0.2, 0.25) is 0 Å². The van der Waals surface area contributed by atoms with Gasteiger partial charge in [0.1, 0.15) is 5.82 Å². The first-order chi connectivity index (χ1) is 9.05. The number of hydrogen-bond donors (Lipinski definition) is 1. The standard InChI is InChI=1S/C15H23FN2O/c1-15(2,18-8-10-19-11-9-18)14(17-3)12-4-6-13(16)7-5-12/h4-7,14,17H,8-11H2,1-3H3. The molecule has 106 valence electrons. The number of rotatable bonds is 4. The van der Waals surface area contributed by atoms with Gasteiger partial charge in [0.05, 0.1) is 13.2 Å². The van der Waals surface area contributed by atoms with Crippen LogP contribution in [0.25, 0.3) is 0 Å². The van der Waals surface area contributed by atoms with E-state index in [0.717, 1.165) is 31.9 Å². The van der Waals surface area contributed by atoms with Crippen molar-refractivity contribution in [3.63, 3.8) is 0 Å². The second-order valence-corrected chi connectivity index (χ2v) is 5.53. The third kappa shape index (κ3) is 3.14. The Morgan fingerprint density at radius 1 is 1.21 bits per heavy atom. The number of likely N-dealkylation sites (N-methyl/N-ethyl adjacent to an activating group) is 1. The fraction of sp³-hybridized carbons (Fsp3) is 0.600. The molecule has 0 bridgehead atoms. The number of ether oxygens (including phenoxy) is 1. The lowest BCUT2D eigenvalue weighted by Crippen LogP contribution is -2.55. The predicted molar refractivity (Wildman–Crippen MR) is 74.7 cm³/mol. The third-order valence-electron chi connectivity index (χ3n) is 4.02. The van der Waals surface area contributed by atoms with Gasteiger partial charge in [-0.3, -0.25) is 4.90 Å². The lowest BCUT2D eigenvalue weighted by molar-refractivity contribution is -0.0229. The van der Waals surface area contributed by atoms with E-state index in [1.54, 1.807) is 0 Å². The van der Waals surface area contributed by atoms with Gasteiger partial charge in [0, 0.05) is 24.7 Å². The van der Waals surface area contributed by atoms with Crippen molar-refractivity contribution in [2.75, 3.05) is 33.4 Å². The molecule has 0 aromatic heterocycles. The van der Waals surface area contributed by atoms with Crippen molar-refractivity contribution >= 4 is 0 Å². The molecule has 0 amide bonds. The van der Waals surface area contributed by atoms with Gasteiger partial charge in [-0.05, 0) is 38.6 Å². The summed E-state index contributed by atoms with van der Waals surface area (Å²) in [7, 11) is 1.95. The number of nitrogens with one attached hydrogen (secondary N) is 1. The molecular formula is C15H23FN2O. The summed E-state index contributed by atoms with van der Waals surface area (Å²) in [5, 5.41) is 3.37. The second kappa shape index (κ2) is 5.99. The highest BCUT2D eigenvalue weighted by molar-refractivity contribution is 5.23. The Kier molecular flexibility index (Phi) is 4.55. The fourth-order valence-corrected chi connectivity index (χ4v) is 2.91. The number of halogens is 1. The first-order valence-corrected chi connectivity index (χ1v) is 6.81. The van der Waals surface area contributed by atoms with E-state index in [2.05, 4.69) is 24.1 Å². The van der Waals surface area contributed by atoms with Crippen LogP contribution < -0.4 is 5.32 Å². The Bertz CT molecular complexity index is 399. The van der Waals surface area contributed by atoms with Crippen LogP contribution in [0, 0.1) is 5.82 Å². The van der Waals surface area contributed by atoms with Gasteiger partial charge < -0.3 is 10.1 Å². The normalized spacial score (nSPS) is 19.4. The van der Waals surface area contributed by atoms with E-state index in [1.165, 1.54) is 12.1 Å². The molecular weight excluding hydrogens is 243 g/mol. The smallest absolute Gasteiger partial charge is 0.123 e. The predicted octanol–water partition coefficient (Wildman–Crippen LogP) is 2.20. The van der Waals surface area contributed by atoms with Crippen molar-refractivity contribution in [2.24, 2.45) is 0 Å². The van der Waals surface area contributed by atoms with Gasteiger partial charge in [-0.15, -0.1) is 0 Å². The molecule has 1 aliphatic heterocycles. The topological polar surface area (TPSA) is 24.5 Å². The Labute approximate surface area is 114 Å². The summed E-state index contributed by atoms with van der Waals surface area (Å²) in [6, 6.07) is 6.92. The lowest BCUT2D eigenvalue weighted by atomic mass is 9.86. The maximum Gasteiger partial charge on any atom is 0.123 e. The summed E-state index contributed by atoms with van der Waals surface area (Å²) in [5.74, 6) is -0.192. The van der Waals surface area contributed by atoms with Crippen molar-refractivity contribution < 1.29 is 9.13 Å². The Morgan fingerprint density at radius 2 is 1.79 bits per heavy atom. The molecule has 1 atom stereocenters. The summed E-state index contributed by atoms with van der Waals surface area (Å²) >= 11 is 0. The molecule has 0 aliphatic carbocycles. The lowest BCUT2D eigenvalue weighted by Gasteiger charge is -2.46. The summed E-state index contributed by atoms with van der Waals surface area (Å²) in [6.07, 6.45) is 0. The van der Waals surface area contributed by atoms with Crippen LogP contribution in [0.2, 0.25) is 0 Å². The van der Waals surface area contributed by atoms with Crippen LogP contribution in [0.5, 0.6) is 0 Å². The largest absolute Gasteiger partial charge is 0.379 e. The molecule has 1 heterocycles. The van der Waals surface area contributed by atoms with E-state index in [4.69, 9.17) is 4.74 Å². The summed E-state index contributed by atoms with van der Waals surface area (Å²) in [4.78, 5) is 2.43. The molecule has 0 saturated carbocycles. The van der Waals surface area contributed by atoms with Gasteiger partial charge in [-0.1, -0.05) is 12.1 Å². The van der Waals surface area contributed by atoms with E-state index < -0.39 is 0 Å². The van der Waals surface area contributed by atoms with Crippen LogP contribution in [-0.4, -0.2) is 43.8 Å². The summed E-state index contributed by atoms with van der Waals surface area (Å²) in [6.45, 7) is 7.89. The maximum absolute atomic E-state index is 13.1. The molecule has 1 fully saturated rings. The van der Waals surface area contributed by atoms with Crippen molar-refractivity contribution in [3.05, 3.63) is 35.6 Å². The first kappa shape index (κ1) is 14.4. The van der Waals surface area contributed by atoms with Crippen molar-refractivity contribution in [3.8, 4) is 0 Å². The molecule has 3 nitrogen and oxygen atoms in total. The fourth-order valence-electron chi connectivity index (χ4n) is 2.91. The van der Waals surface area contributed by atoms with E-state index >= 15 is 0 Å². The highest BCUT2D eigenvalue weighted by Crippen LogP contribution is 2.31. The van der Waals surface area contributed by atoms with E-state index in [1.807, 2.05) is 19.2 Å². The zero-order valence-electron chi connectivity index (χ0n) is 11.9. The minimum atomic E-state index is -0.192. The number of hydrogen-bond acceptors (Lipinski definition) is 3. The molecule has 1 aromatic carbocycles. The van der Waals surface area contributed by atoms with Crippen LogP contribution >= 0.6 is 0 Å². The van der Waals surface area contributed by atoms with Crippen LogP contribution in [-0.2, 0) is 4.74 Å². The van der Waals surface area contributed by atoms with Crippen LogP contribution in [0.15, 0.2) is 24.3 Å². The average molecular weight is 266 g/mol. The Morgan fingerprint density at radius 3 is 2.32 bits per heavy atom. The molecule has 1 aliphatic rings. The molecule has 1 saturated heterocycles. The molecule has 4 heteroatoms. The van der Waals surface area contributed by atoms with Gasteiger partial charge in [-0.2, -0.15) is 0 Å². The first-order valence-electron chi connectivity index (χ1n) is 6.81. The van der Waals surface area contributed by atoms with Gasteiger partial charge >= 0.3 is 0 Å². The molecule has 2 rings (SSSR count). The molecule has 1 aromatic rings. The zero-order chi connectivity index (χ0) is 13.9. The highest BCUT2D eigenvalue weighted by Gasteiger charge is 2.36. The molecule has 19 heavy (non-hydrogen) atoms. The third-order valence-corrected chi connectivity index (χ3v) is 4.02. The summed E-state index contributed by atoms with van der Waals surface area (Å²) in [5.41, 5.74) is 1.07. The number of benzene rings is 1. The molecule has 1 N–H and O–H groups in total. The maximum atomic E-state index is 13.1. The number of nitrogens with zero attached hydrogens (tertiary/aromatic N) is 1. The quantitative estimate of drug-likeness (QED) is 0.904. The Hall–Kier alpha value is -0.970. The van der Waals surface area contributed by atoms with E-state index in [-0.39, 0.29) is 17.4 Å². The summed E-state index contributed by atoms with van der Waals surface area (Å²) < 4.78 is 18.5. The minimum absolute atomic E-state index is 0.0453. The SMILES string of the molecule is CNC(c1ccc(F)cc1)C(C)(C)N1CCOCC1. The molecule has 0 spiro atoms. The number of morpholine rings is 1. The van der Waals surface area contributed by atoms with E-state index in [0.29, 0.717) is 0 Å². The zero-order valence-corrected chi connectivity index (χ0v) is 11.9. The van der Waals surface area contributed by atoms with Crippen molar-refractivity contribution in [1.82, 2.24) is 10.2 Å². The van der Waals surface area contributed by atoms with Crippen LogP contribution in [0.3, 0.4) is 0 Å². The van der Waals surface area contributed by atoms with Crippen LogP contribution in [0.4, 0.5) is 4.39 Å². The van der Waals surface area contributed by atoms with Crippen LogP contribution in [0.1, 0.15) is 25.5 Å². The van der Waals surface area contributed by atoms with Crippen molar-refractivity contribution in [2.45, 2.75) is 25.4 Å². The molecule has 1 unspecified atom stereocenters. The minimum Gasteiger partial charge on any atom is -0.379 e. The van der Waals surface area contributed by atoms with Crippen molar-refractivity contribution in [1.29, 1.82) is 0 Å². The van der Waals surface area contributed by atoms with E-state index in [9.17, 15) is 4.39 Å². The highest BCUT2D eigenvalue weighted by atomic mass is 19.1. The average Bonchev–Trinajstić information content (AvgIpc) is 2.42. The second-order valence-electron chi connectivity index (χ2n) is 5.53. The monoisotopic (exact) mass is 266 g/mol. The van der Waals surface area contributed by atoms with Gasteiger partial charge in [0.25, 0.3) is 0 Å². The Balaban J connectivity index is 2.21. The van der Waals surface area contributed by atoms with Gasteiger partial charge in [0.15, 0.2) is 0 Å². The van der Waals surface area contributed by atoms with Gasteiger partial charge in [-0.25, -0.2) is 4.39 Å².